The third kappa shape index (κ3) is 206. The van der Waals surface area contributed by atoms with Crippen molar-refractivity contribution < 1.29 is 54.5 Å². The van der Waals surface area contributed by atoms with E-state index in [-0.39, 0.29) is 42.3 Å². The number of carboxylic acid groups (broad SMARTS) is 3. The van der Waals surface area contributed by atoms with E-state index >= 15 is 0 Å². The molecule has 11 heavy (non-hydrogen) atoms. The van der Waals surface area contributed by atoms with E-state index in [0.717, 1.165) is 0 Å². The van der Waals surface area contributed by atoms with Crippen LogP contribution in [0.5, 0.6) is 0 Å². The topological polar surface area (TPSA) is 163 Å². The molecule has 0 aliphatic carbocycles. The van der Waals surface area contributed by atoms with Crippen molar-refractivity contribution in [3.05, 3.63) is 0 Å². The van der Waals surface area contributed by atoms with E-state index in [2.05, 4.69) is 5.73 Å². The van der Waals surface area contributed by atoms with Crippen LogP contribution in [0.25, 0.3) is 0 Å². The third-order valence-corrected chi connectivity index (χ3v) is 0.167. The zero-order chi connectivity index (χ0) is 7.86. The van der Waals surface area contributed by atoms with Crippen LogP contribution in [0, 0.1) is 0 Å². The Morgan fingerprint density at radius 1 is 1.36 bits per heavy atom. The van der Waals surface area contributed by atoms with Crippen LogP contribution in [0.4, 0.5) is 4.79 Å². The van der Waals surface area contributed by atoms with Gasteiger partial charge in [-0.2, -0.15) is 0 Å². The number of hydrogen-bond acceptors (Lipinski definition) is 5. The predicted molar refractivity (Wildman–Crippen MR) is 28.1 cm³/mol. The number of aliphatic carboxylic acids is 1. The van der Waals surface area contributed by atoms with Crippen molar-refractivity contribution in [3.8, 4) is 0 Å². The molecule has 0 radical (unpaired) electrons. The number of nitrogens with two attached hydrogens (primary N) is 1. The standard InChI is InChI=1S/C2H5NO2.CH2O3.H3N.Na/c3-1-2(4)5;2-1(3)4;;/h1,3H2,(H,4,5);(H2,2,3,4);1H3;/q;;;+1/p-1. The average molecular weight is 176 g/mol. The third-order valence-electron chi connectivity index (χ3n) is 0.167. The van der Waals surface area contributed by atoms with E-state index in [1.54, 1.807) is 0 Å². The van der Waals surface area contributed by atoms with Gasteiger partial charge in [-0.25, -0.2) is 0 Å². The Hall–Kier alpha value is -0.340. The Labute approximate surface area is 85.1 Å². The van der Waals surface area contributed by atoms with E-state index in [1.165, 1.54) is 0 Å². The summed E-state index contributed by atoms with van der Waals surface area (Å²) in [6.07, 6.45) is -2.08. The minimum atomic E-state index is -2.08. The maximum Gasteiger partial charge on any atom is 1.00 e. The van der Waals surface area contributed by atoms with Crippen molar-refractivity contribution >= 4 is 12.1 Å². The largest absolute Gasteiger partial charge is 1.00 e. The van der Waals surface area contributed by atoms with Crippen LogP contribution >= 0.6 is 0 Å². The van der Waals surface area contributed by atoms with Gasteiger partial charge < -0.3 is 36.8 Å². The number of hydrogen-bond donors (Lipinski definition) is 3. The monoisotopic (exact) mass is 176 g/mol. The van der Waals surface area contributed by atoms with E-state index in [4.69, 9.17) is 24.9 Å². The number of carbonyl (C=O) groups is 2. The molecule has 7 N–H and O–H groups in total. The summed E-state index contributed by atoms with van der Waals surface area (Å²) in [6, 6.07) is 0. The van der Waals surface area contributed by atoms with Gasteiger partial charge in [-0.05, 0) is 0 Å². The summed E-state index contributed by atoms with van der Waals surface area (Å²) in [5.41, 5.74) is 4.51. The van der Waals surface area contributed by atoms with E-state index in [9.17, 15) is 0 Å². The van der Waals surface area contributed by atoms with Gasteiger partial charge in [-0.1, -0.05) is 0 Å². The Kier molecular flexibility index (Phi) is 33.3. The van der Waals surface area contributed by atoms with Crippen molar-refractivity contribution in [2.24, 2.45) is 5.73 Å². The van der Waals surface area contributed by atoms with E-state index < -0.39 is 12.1 Å². The van der Waals surface area contributed by atoms with Crippen LogP contribution < -0.4 is 51.7 Å². The summed E-state index contributed by atoms with van der Waals surface area (Å²) in [7, 11) is 0. The summed E-state index contributed by atoms with van der Waals surface area (Å²) >= 11 is 0. The SMILES string of the molecule is NCC(=O)[O-].O=C([O-])O.[NH4+].[Na+]. The van der Waals surface area contributed by atoms with Gasteiger partial charge in [-0.3, -0.25) is 0 Å². The van der Waals surface area contributed by atoms with E-state index in [1.807, 2.05) is 0 Å². The first-order valence-corrected chi connectivity index (χ1v) is 1.80. The molecule has 0 aliphatic rings. The van der Waals surface area contributed by atoms with Crippen LogP contribution in [0.3, 0.4) is 0 Å². The Morgan fingerprint density at radius 2 is 1.45 bits per heavy atom. The molecular weight excluding hydrogens is 167 g/mol. The molecule has 0 saturated carbocycles. The van der Waals surface area contributed by atoms with Crippen LogP contribution in [-0.2, 0) is 4.79 Å². The molecule has 0 unspecified atom stereocenters. The van der Waals surface area contributed by atoms with Gasteiger partial charge in [0.25, 0.3) is 0 Å². The molecule has 0 fully saturated rings. The Morgan fingerprint density at radius 3 is 1.45 bits per heavy atom. The quantitative estimate of drug-likeness (QED) is 0.336. The minimum Gasteiger partial charge on any atom is -0.565 e. The first-order valence-electron chi connectivity index (χ1n) is 1.80. The predicted octanol–water partition coefficient (Wildman–Crippen LogP) is -6.04. The van der Waals surface area contributed by atoms with Crippen molar-refractivity contribution in [2.45, 2.75) is 0 Å². The summed E-state index contributed by atoms with van der Waals surface area (Å²) < 4.78 is 0. The van der Waals surface area contributed by atoms with Gasteiger partial charge in [0, 0.05) is 6.54 Å². The summed E-state index contributed by atoms with van der Waals surface area (Å²) in [6.45, 7) is -0.389. The molecule has 8 heteroatoms. The first-order chi connectivity index (χ1) is 4.00. The second-order valence-corrected chi connectivity index (χ2v) is 0.842. The molecular formula is C3H9N2NaO5. The van der Waals surface area contributed by atoms with Gasteiger partial charge in [0.1, 0.15) is 0 Å². The fraction of sp³-hybridized carbons (Fsp3) is 0.333. The molecule has 0 aromatic heterocycles. The van der Waals surface area contributed by atoms with Gasteiger partial charge in [-0.15, -0.1) is 0 Å². The smallest absolute Gasteiger partial charge is 0.565 e. The summed E-state index contributed by atoms with van der Waals surface area (Å²) in [4.78, 5) is 17.6. The molecule has 0 rings (SSSR count). The molecule has 0 amide bonds. The van der Waals surface area contributed by atoms with Crippen molar-refractivity contribution in [1.29, 1.82) is 0 Å². The Bertz CT molecular complexity index is 104. The van der Waals surface area contributed by atoms with Crippen molar-refractivity contribution in [2.75, 3.05) is 6.54 Å². The Balaban J connectivity index is -0.0000000383. The molecule has 62 valence electrons. The summed E-state index contributed by atoms with van der Waals surface area (Å²) in [5.74, 6) is -1.22. The first kappa shape index (κ1) is 22.4. The number of quaternary nitrogens is 1. The molecule has 0 aromatic carbocycles. The maximum absolute atomic E-state index is 9.13. The number of carbonyl (C=O) groups excluding carboxylic acids is 1. The van der Waals surface area contributed by atoms with Crippen LogP contribution in [0.1, 0.15) is 0 Å². The van der Waals surface area contributed by atoms with Crippen LogP contribution in [0.2, 0.25) is 0 Å². The van der Waals surface area contributed by atoms with E-state index in [0.29, 0.717) is 0 Å². The van der Waals surface area contributed by atoms with Crippen LogP contribution in [0.15, 0.2) is 0 Å². The molecule has 0 saturated heterocycles. The molecule has 0 aliphatic heterocycles. The van der Waals surface area contributed by atoms with Gasteiger partial charge >= 0.3 is 29.6 Å². The molecule has 0 bridgehead atoms. The maximum atomic E-state index is 9.13. The molecule has 0 aromatic rings. The molecule has 0 spiro atoms. The average Bonchev–Trinajstić information content (AvgIpc) is 1.65. The minimum absolute atomic E-state index is 0. The molecule has 0 heterocycles. The van der Waals surface area contributed by atoms with Gasteiger partial charge in [0.05, 0.1) is 5.97 Å². The zero-order valence-corrected chi connectivity index (χ0v) is 8.36. The van der Waals surface area contributed by atoms with Gasteiger partial charge in [0.2, 0.25) is 6.16 Å². The zero-order valence-electron chi connectivity index (χ0n) is 6.36. The second-order valence-electron chi connectivity index (χ2n) is 0.842. The second kappa shape index (κ2) is 16.3. The number of carboxylic acids is 1. The van der Waals surface area contributed by atoms with Gasteiger partial charge in [0.15, 0.2) is 0 Å². The fourth-order valence-electron chi connectivity index (χ4n) is 0. The summed E-state index contributed by atoms with van der Waals surface area (Å²) in [5, 5.41) is 24.4. The fourth-order valence-corrected chi connectivity index (χ4v) is 0. The van der Waals surface area contributed by atoms with Crippen molar-refractivity contribution in [3.63, 3.8) is 0 Å². The van der Waals surface area contributed by atoms with Crippen LogP contribution in [-0.4, -0.2) is 23.8 Å². The molecule has 7 nitrogen and oxygen atoms in total. The van der Waals surface area contributed by atoms with Crippen molar-refractivity contribution in [1.82, 2.24) is 6.15 Å². The number of rotatable bonds is 1. The normalized spacial score (nSPS) is 5.55. The molecule has 0 atom stereocenters.